The molecular formula is C12H8FN3O3S. The lowest BCUT2D eigenvalue weighted by Crippen LogP contribution is -2.27. The number of carbonyl (C=O) groups is 1. The lowest BCUT2D eigenvalue weighted by molar-refractivity contribution is -0.117. The van der Waals surface area contributed by atoms with Crippen molar-refractivity contribution in [3.8, 4) is 12.1 Å². The van der Waals surface area contributed by atoms with Crippen LogP contribution < -0.4 is 4.90 Å². The Labute approximate surface area is 114 Å². The topological polar surface area (TPSA) is 102 Å². The van der Waals surface area contributed by atoms with Gasteiger partial charge >= 0.3 is 10.2 Å². The molecule has 20 heavy (non-hydrogen) atoms. The Morgan fingerprint density at radius 3 is 2.40 bits per heavy atom. The quantitative estimate of drug-likeness (QED) is 0.752. The lowest BCUT2D eigenvalue weighted by atomic mass is 10.1. The smallest absolute Gasteiger partial charge is 0.307 e. The van der Waals surface area contributed by atoms with Crippen LogP contribution in [-0.4, -0.2) is 26.1 Å². The van der Waals surface area contributed by atoms with Crippen molar-refractivity contribution in [2.24, 2.45) is 0 Å². The van der Waals surface area contributed by atoms with E-state index < -0.39 is 27.8 Å². The van der Waals surface area contributed by atoms with Gasteiger partial charge in [-0.15, -0.1) is 3.89 Å². The fourth-order valence-electron chi connectivity index (χ4n) is 2.00. The summed E-state index contributed by atoms with van der Waals surface area (Å²) in [5, 5.41) is 16.3. The van der Waals surface area contributed by atoms with Crippen molar-refractivity contribution in [2.75, 3.05) is 11.4 Å². The van der Waals surface area contributed by atoms with Gasteiger partial charge in [-0.2, -0.15) is 18.9 Å². The van der Waals surface area contributed by atoms with E-state index in [2.05, 4.69) is 0 Å². The molecule has 1 aliphatic heterocycles. The van der Waals surface area contributed by atoms with Crippen LogP contribution in [0.25, 0.3) is 0 Å². The number of benzene rings is 1. The van der Waals surface area contributed by atoms with E-state index in [4.69, 9.17) is 10.5 Å². The molecule has 1 saturated heterocycles. The van der Waals surface area contributed by atoms with E-state index in [-0.39, 0.29) is 23.4 Å². The molecule has 1 aromatic rings. The second kappa shape index (κ2) is 4.91. The number of hydrogen-bond donors (Lipinski definition) is 0. The highest BCUT2D eigenvalue weighted by Crippen LogP contribution is 2.27. The van der Waals surface area contributed by atoms with Gasteiger partial charge in [-0.05, 0) is 18.2 Å². The van der Waals surface area contributed by atoms with Gasteiger partial charge < -0.3 is 4.90 Å². The van der Waals surface area contributed by atoms with Gasteiger partial charge in [0.1, 0.15) is 17.4 Å². The van der Waals surface area contributed by atoms with Crippen molar-refractivity contribution in [1.82, 2.24) is 0 Å². The molecule has 0 aliphatic carbocycles. The molecule has 1 atom stereocenters. The largest absolute Gasteiger partial charge is 0.311 e. The zero-order valence-corrected chi connectivity index (χ0v) is 10.9. The van der Waals surface area contributed by atoms with Crippen LogP contribution in [0.3, 0.4) is 0 Å². The minimum absolute atomic E-state index is 0.0735. The van der Waals surface area contributed by atoms with Crippen LogP contribution in [0.4, 0.5) is 9.57 Å². The number of nitrogens with zero attached hydrogens (tertiary/aromatic N) is 3. The predicted octanol–water partition coefficient (Wildman–Crippen LogP) is 0.835. The zero-order valence-electron chi connectivity index (χ0n) is 10.1. The van der Waals surface area contributed by atoms with Crippen LogP contribution in [-0.2, 0) is 15.0 Å². The molecule has 6 nitrogen and oxygen atoms in total. The molecule has 0 aromatic heterocycles. The first kappa shape index (κ1) is 14.0. The van der Waals surface area contributed by atoms with Crippen LogP contribution >= 0.6 is 0 Å². The van der Waals surface area contributed by atoms with Crippen molar-refractivity contribution >= 4 is 21.8 Å². The molecule has 1 aromatic carbocycles. The first-order valence-corrected chi connectivity index (χ1v) is 6.99. The summed E-state index contributed by atoms with van der Waals surface area (Å²) in [5.41, 5.74) is 0.499. The van der Waals surface area contributed by atoms with Gasteiger partial charge in [0.05, 0.1) is 11.1 Å². The summed E-state index contributed by atoms with van der Waals surface area (Å²) in [5.74, 6) is -0.537. The van der Waals surface area contributed by atoms with Crippen LogP contribution in [0.1, 0.15) is 17.5 Å². The molecule has 1 unspecified atom stereocenters. The Morgan fingerprint density at radius 1 is 1.25 bits per heavy atom. The van der Waals surface area contributed by atoms with Crippen LogP contribution in [0.15, 0.2) is 18.2 Å². The highest BCUT2D eigenvalue weighted by Gasteiger charge is 2.39. The molecule has 8 heteroatoms. The van der Waals surface area contributed by atoms with Crippen molar-refractivity contribution in [3.63, 3.8) is 0 Å². The molecule has 0 spiro atoms. The average Bonchev–Trinajstić information content (AvgIpc) is 2.80. The van der Waals surface area contributed by atoms with Crippen molar-refractivity contribution in [1.29, 1.82) is 10.5 Å². The van der Waals surface area contributed by atoms with E-state index in [1.807, 2.05) is 12.1 Å². The molecular weight excluding hydrogens is 285 g/mol. The number of hydrogen-bond acceptors (Lipinski definition) is 5. The summed E-state index contributed by atoms with van der Waals surface area (Å²) >= 11 is 0. The number of halogens is 1. The van der Waals surface area contributed by atoms with Gasteiger partial charge in [0, 0.05) is 18.7 Å². The summed E-state index contributed by atoms with van der Waals surface area (Å²) in [6, 6.07) is 7.73. The number of anilines is 1. The Hall–Kier alpha value is -2.45. The third kappa shape index (κ3) is 2.46. The Bertz CT molecular complexity index is 761. The van der Waals surface area contributed by atoms with E-state index in [0.717, 1.165) is 4.90 Å². The summed E-state index contributed by atoms with van der Waals surface area (Å²) in [6.07, 6.45) is -0.430. The van der Waals surface area contributed by atoms with E-state index in [9.17, 15) is 17.1 Å². The highest BCUT2D eigenvalue weighted by molar-refractivity contribution is 7.87. The van der Waals surface area contributed by atoms with E-state index in [1.165, 1.54) is 18.2 Å². The number of amides is 1. The molecule has 1 amide bonds. The monoisotopic (exact) mass is 293 g/mol. The fourth-order valence-corrected chi connectivity index (χ4v) is 2.67. The Kier molecular flexibility index (Phi) is 3.43. The number of rotatable bonds is 2. The second-order valence-corrected chi connectivity index (χ2v) is 5.88. The number of carbonyl (C=O) groups excluding carboxylic acids is 1. The van der Waals surface area contributed by atoms with Gasteiger partial charge in [0.2, 0.25) is 5.91 Å². The first-order chi connectivity index (χ1) is 9.36. The van der Waals surface area contributed by atoms with Crippen molar-refractivity contribution in [3.05, 3.63) is 29.3 Å². The third-order valence-electron chi connectivity index (χ3n) is 3.04. The maximum atomic E-state index is 12.9. The van der Waals surface area contributed by atoms with Crippen LogP contribution in [0.5, 0.6) is 0 Å². The first-order valence-electron chi connectivity index (χ1n) is 5.55. The van der Waals surface area contributed by atoms with Gasteiger partial charge in [-0.25, -0.2) is 0 Å². The fraction of sp³-hybridized carbons (Fsp3) is 0.250. The van der Waals surface area contributed by atoms with Gasteiger partial charge in [-0.3, -0.25) is 4.79 Å². The summed E-state index contributed by atoms with van der Waals surface area (Å²) < 4.78 is 34.6. The van der Waals surface area contributed by atoms with Gasteiger partial charge in [0.25, 0.3) is 0 Å². The SMILES string of the molecule is N#Cc1ccc(N2CC(S(=O)(=O)F)CC2=O)cc1C#N. The molecule has 0 bridgehead atoms. The molecule has 0 radical (unpaired) electrons. The maximum Gasteiger partial charge on any atom is 0.307 e. The zero-order chi connectivity index (χ0) is 14.9. The summed E-state index contributed by atoms with van der Waals surface area (Å²) in [4.78, 5) is 12.8. The van der Waals surface area contributed by atoms with E-state index >= 15 is 0 Å². The molecule has 1 aliphatic rings. The molecule has 0 saturated carbocycles. The molecule has 1 heterocycles. The molecule has 1 fully saturated rings. The lowest BCUT2D eigenvalue weighted by Gasteiger charge is -2.16. The van der Waals surface area contributed by atoms with Gasteiger partial charge in [0.15, 0.2) is 0 Å². The highest BCUT2D eigenvalue weighted by atomic mass is 32.3. The maximum absolute atomic E-state index is 12.9. The Morgan fingerprint density at radius 2 is 1.90 bits per heavy atom. The minimum atomic E-state index is -4.78. The van der Waals surface area contributed by atoms with Crippen molar-refractivity contribution in [2.45, 2.75) is 11.7 Å². The molecule has 2 rings (SSSR count). The summed E-state index contributed by atoms with van der Waals surface area (Å²) in [7, 11) is -4.78. The van der Waals surface area contributed by atoms with Crippen LogP contribution in [0.2, 0.25) is 0 Å². The van der Waals surface area contributed by atoms with E-state index in [1.54, 1.807) is 0 Å². The van der Waals surface area contributed by atoms with Crippen molar-refractivity contribution < 1.29 is 17.1 Å². The van der Waals surface area contributed by atoms with Gasteiger partial charge in [-0.1, -0.05) is 0 Å². The number of nitriles is 2. The predicted molar refractivity (Wildman–Crippen MR) is 66.7 cm³/mol. The minimum Gasteiger partial charge on any atom is -0.311 e. The van der Waals surface area contributed by atoms with Crippen LogP contribution in [0, 0.1) is 22.7 Å². The molecule has 0 N–H and O–H groups in total. The third-order valence-corrected chi connectivity index (χ3v) is 4.16. The standard InChI is InChI=1S/C12H8FN3O3S/c13-20(18,19)11-4-12(17)16(7-11)10-2-1-8(5-14)9(3-10)6-15/h1-3,11H,4,7H2. The molecule has 102 valence electrons. The normalized spacial score (nSPS) is 18.6. The second-order valence-electron chi connectivity index (χ2n) is 4.26. The summed E-state index contributed by atoms with van der Waals surface area (Å²) in [6.45, 7) is -0.297. The Balaban J connectivity index is 2.37. The van der Waals surface area contributed by atoms with E-state index in [0.29, 0.717) is 0 Å². The average molecular weight is 293 g/mol.